The minimum absolute atomic E-state index is 0.221. The highest BCUT2D eigenvalue weighted by atomic mass is 16.5. The van der Waals surface area contributed by atoms with Crippen molar-refractivity contribution in [3.05, 3.63) is 35.4 Å². The van der Waals surface area contributed by atoms with Gasteiger partial charge < -0.3 is 9.84 Å². The molecule has 0 aliphatic carbocycles. The maximum atomic E-state index is 11.3. The van der Waals surface area contributed by atoms with Gasteiger partial charge in [-0.3, -0.25) is 4.79 Å². The van der Waals surface area contributed by atoms with Crippen molar-refractivity contribution in [2.45, 2.75) is 46.5 Å². The lowest BCUT2D eigenvalue weighted by molar-refractivity contribution is -0.132. The van der Waals surface area contributed by atoms with E-state index in [-0.39, 0.29) is 17.1 Å². The summed E-state index contributed by atoms with van der Waals surface area (Å²) in [5.74, 6) is 0.414. The van der Waals surface area contributed by atoms with E-state index in [9.17, 15) is 9.90 Å². The fourth-order valence-electron chi connectivity index (χ4n) is 2.05. The Balaban J connectivity index is 3.56. The minimum Gasteiger partial charge on any atom is -0.508 e. The lowest BCUT2D eigenvalue weighted by Crippen LogP contribution is -2.16. The molecule has 0 fully saturated rings. The second-order valence-corrected chi connectivity index (χ2v) is 5.71. The molecule has 1 rings (SSSR count). The normalized spacial score (nSPS) is 11.2. The van der Waals surface area contributed by atoms with Crippen molar-refractivity contribution in [3.8, 4) is 11.5 Å². The van der Waals surface area contributed by atoms with Crippen LogP contribution in [0, 0.1) is 6.92 Å². The Bertz CT molecular complexity index is 508. The molecule has 0 aliphatic heterocycles. The van der Waals surface area contributed by atoms with Gasteiger partial charge in [-0.25, -0.2) is 0 Å². The summed E-state index contributed by atoms with van der Waals surface area (Å²) < 4.78 is 5.36. The second-order valence-electron chi connectivity index (χ2n) is 5.71. The van der Waals surface area contributed by atoms with Crippen LogP contribution >= 0.6 is 0 Å². The zero-order valence-electron chi connectivity index (χ0n) is 12.3. The zero-order chi connectivity index (χ0) is 14.8. The van der Waals surface area contributed by atoms with E-state index >= 15 is 0 Å². The zero-order valence-corrected chi connectivity index (χ0v) is 12.3. The topological polar surface area (TPSA) is 46.5 Å². The van der Waals surface area contributed by atoms with Crippen LogP contribution in [0.5, 0.6) is 11.5 Å². The van der Waals surface area contributed by atoms with Crippen LogP contribution in [0.4, 0.5) is 0 Å². The van der Waals surface area contributed by atoms with E-state index < -0.39 is 0 Å². The molecule has 1 N–H and O–H groups in total. The highest BCUT2D eigenvalue weighted by molar-refractivity contribution is 5.71. The lowest BCUT2D eigenvalue weighted by Gasteiger charge is -2.25. The molecule has 1 aromatic carbocycles. The van der Waals surface area contributed by atoms with Gasteiger partial charge in [-0.05, 0) is 30.4 Å². The summed E-state index contributed by atoms with van der Waals surface area (Å²) in [5.41, 5.74) is 2.14. The molecular weight excluding hydrogens is 240 g/mol. The van der Waals surface area contributed by atoms with Gasteiger partial charge in [0.15, 0.2) is 0 Å². The molecule has 1 aromatic rings. The van der Waals surface area contributed by atoms with Crippen molar-refractivity contribution in [3.63, 3.8) is 0 Å². The summed E-state index contributed by atoms with van der Waals surface area (Å²) in [7, 11) is 0. The third-order valence-electron chi connectivity index (χ3n) is 3.03. The molecule has 3 nitrogen and oxygen atoms in total. The molecule has 0 spiro atoms. The first-order chi connectivity index (χ1) is 8.68. The largest absolute Gasteiger partial charge is 0.508 e. The third-order valence-corrected chi connectivity index (χ3v) is 3.03. The first-order valence-corrected chi connectivity index (χ1v) is 6.33. The second kappa shape index (κ2) is 5.47. The average Bonchev–Trinajstić information content (AvgIpc) is 2.26. The number of allylic oxidation sites excluding steroid dienone is 1. The molecule has 0 aliphatic rings. The van der Waals surface area contributed by atoms with E-state index in [1.165, 1.54) is 6.92 Å². The van der Waals surface area contributed by atoms with Crippen LogP contribution in [0.3, 0.4) is 0 Å². The summed E-state index contributed by atoms with van der Waals surface area (Å²) in [6.45, 7) is 13.0. The van der Waals surface area contributed by atoms with Crippen LogP contribution in [-0.4, -0.2) is 11.1 Å². The number of benzene rings is 1. The van der Waals surface area contributed by atoms with Crippen molar-refractivity contribution in [1.82, 2.24) is 0 Å². The molecule has 0 aromatic heterocycles. The van der Waals surface area contributed by atoms with Crippen LogP contribution < -0.4 is 4.74 Å². The molecule has 0 unspecified atom stereocenters. The summed E-state index contributed by atoms with van der Waals surface area (Å²) in [5, 5.41) is 10.1. The molecule has 0 heterocycles. The molecule has 0 atom stereocenters. The van der Waals surface area contributed by atoms with Crippen LogP contribution in [0.15, 0.2) is 18.7 Å². The number of hydrogen-bond acceptors (Lipinski definition) is 3. The van der Waals surface area contributed by atoms with Crippen LogP contribution in [-0.2, 0) is 16.6 Å². The van der Waals surface area contributed by atoms with Gasteiger partial charge in [0.1, 0.15) is 11.5 Å². The number of carbonyl (C=O) groups is 1. The fourth-order valence-corrected chi connectivity index (χ4v) is 2.05. The van der Waals surface area contributed by atoms with E-state index in [1.54, 1.807) is 12.1 Å². The van der Waals surface area contributed by atoms with Crippen molar-refractivity contribution in [1.29, 1.82) is 0 Å². The smallest absolute Gasteiger partial charge is 0.308 e. The fraction of sp³-hybridized carbons (Fsp3) is 0.438. The van der Waals surface area contributed by atoms with Gasteiger partial charge in [-0.1, -0.05) is 26.8 Å². The molecule has 0 saturated carbocycles. The monoisotopic (exact) mass is 262 g/mol. The number of carbonyl (C=O) groups excluding carboxylic acids is 1. The number of esters is 1. The van der Waals surface area contributed by atoms with Crippen LogP contribution in [0.1, 0.15) is 44.4 Å². The molecule has 0 amide bonds. The van der Waals surface area contributed by atoms with Crippen LogP contribution in [0.25, 0.3) is 0 Å². The summed E-state index contributed by atoms with van der Waals surface area (Å²) in [6.07, 6.45) is 2.26. The summed E-state index contributed by atoms with van der Waals surface area (Å²) in [6, 6.07) is 1.68. The Morgan fingerprint density at radius 2 is 2.05 bits per heavy atom. The minimum atomic E-state index is -0.358. The van der Waals surface area contributed by atoms with E-state index in [2.05, 4.69) is 6.58 Å². The Morgan fingerprint density at radius 1 is 1.47 bits per heavy atom. The Hall–Kier alpha value is -1.77. The lowest BCUT2D eigenvalue weighted by atomic mass is 9.83. The number of hydrogen-bond donors (Lipinski definition) is 1. The van der Waals surface area contributed by atoms with Gasteiger partial charge in [-0.15, -0.1) is 6.58 Å². The number of aromatic hydroxyl groups is 1. The number of ether oxygens (including phenoxy) is 1. The maximum absolute atomic E-state index is 11.3. The van der Waals surface area contributed by atoms with Crippen molar-refractivity contribution in [2.24, 2.45) is 0 Å². The predicted molar refractivity (Wildman–Crippen MR) is 76.8 cm³/mol. The predicted octanol–water partition coefficient (Wildman–Crippen LogP) is 3.65. The molecule has 0 bridgehead atoms. The van der Waals surface area contributed by atoms with Gasteiger partial charge in [0.25, 0.3) is 0 Å². The highest BCUT2D eigenvalue weighted by Gasteiger charge is 2.25. The van der Waals surface area contributed by atoms with E-state index in [0.29, 0.717) is 12.2 Å². The van der Waals surface area contributed by atoms with Crippen molar-refractivity contribution < 1.29 is 14.6 Å². The molecule has 104 valence electrons. The van der Waals surface area contributed by atoms with Gasteiger partial charge in [0.2, 0.25) is 0 Å². The standard InChI is InChI=1S/C16H22O3/c1-7-8-12-10(2)15(19-11(3)17)13(9-14(12)18)16(4,5)6/h7,9,18H,1,8H2,2-6H3. The number of phenols is 1. The summed E-state index contributed by atoms with van der Waals surface area (Å²) in [4.78, 5) is 11.3. The first-order valence-electron chi connectivity index (χ1n) is 6.33. The maximum Gasteiger partial charge on any atom is 0.308 e. The van der Waals surface area contributed by atoms with Gasteiger partial charge >= 0.3 is 5.97 Å². The number of phenolic OH excluding ortho intramolecular Hbond substituents is 1. The van der Waals surface area contributed by atoms with Crippen LogP contribution in [0.2, 0.25) is 0 Å². The van der Waals surface area contributed by atoms with Gasteiger partial charge in [0, 0.05) is 18.1 Å². The van der Waals surface area contributed by atoms with Crippen molar-refractivity contribution in [2.75, 3.05) is 0 Å². The number of rotatable bonds is 3. The molecular formula is C16H22O3. The molecule has 0 saturated heterocycles. The Kier molecular flexibility index (Phi) is 4.40. The van der Waals surface area contributed by atoms with Gasteiger partial charge in [0.05, 0.1) is 0 Å². The van der Waals surface area contributed by atoms with Crippen molar-refractivity contribution >= 4 is 5.97 Å². The Morgan fingerprint density at radius 3 is 2.47 bits per heavy atom. The Labute approximate surface area is 114 Å². The van der Waals surface area contributed by atoms with E-state index in [1.807, 2.05) is 27.7 Å². The molecule has 0 radical (unpaired) electrons. The average molecular weight is 262 g/mol. The molecule has 19 heavy (non-hydrogen) atoms. The first kappa shape index (κ1) is 15.3. The summed E-state index contributed by atoms with van der Waals surface area (Å²) >= 11 is 0. The SMILES string of the molecule is C=CCc1c(O)cc(C(C)(C)C)c(OC(C)=O)c1C. The van der Waals surface area contributed by atoms with Gasteiger partial charge in [-0.2, -0.15) is 0 Å². The van der Waals surface area contributed by atoms with E-state index in [4.69, 9.17) is 4.74 Å². The quantitative estimate of drug-likeness (QED) is 0.514. The van der Waals surface area contributed by atoms with E-state index in [0.717, 1.165) is 16.7 Å². The third kappa shape index (κ3) is 3.37. The molecule has 3 heteroatoms. The highest BCUT2D eigenvalue weighted by Crippen LogP contribution is 2.40.